The largest absolute Gasteiger partial charge is 0.504 e. The van der Waals surface area contributed by atoms with Crippen LogP contribution in [0.25, 0.3) is 6.08 Å². The normalized spacial score (nSPS) is 40.8. The van der Waals surface area contributed by atoms with E-state index >= 15 is 0 Å². The molecule has 5 nitrogen and oxygen atoms in total. The summed E-state index contributed by atoms with van der Waals surface area (Å²) in [5.74, 6) is 2.90. The van der Waals surface area contributed by atoms with Gasteiger partial charge in [-0.25, -0.2) is 4.79 Å². The molecule has 5 aliphatic carbocycles. The van der Waals surface area contributed by atoms with Gasteiger partial charge >= 0.3 is 5.97 Å². The maximum absolute atomic E-state index is 13.1. The van der Waals surface area contributed by atoms with Gasteiger partial charge in [-0.1, -0.05) is 52.8 Å². The minimum absolute atomic E-state index is 0.0591. The predicted molar refractivity (Wildman–Crippen MR) is 180 cm³/mol. The van der Waals surface area contributed by atoms with Crippen LogP contribution in [0.1, 0.15) is 118 Å². The number of rotatable bonds is 9. The molecule has 2 N–H and O–H groups in total. The van der Waals surface area contributed by atoms with Crippen LogP contribution in [0, 0.1) is 50.7 Å². The molecule has 0 radical (unpaired) electrons. The minimum atomic E-state index is -0.374. The van der Waals surface area contributed by atoms with Gasteiger partial charge in [0.05, 0.1) is 13.2 Å². The van der Waals surface area contributed by atoms with Gasteiger partial charge < -0.3 is 19.7 Å². The van der Waals surface area contributed by atoms with Gasteiger partial charge in [0.1, 0.15) is 6.10 Å². The van der Waals surface area contributed by atoms with Crippen molar-refractivity contribution in [2.24, 2.45) is 50.7 Å². The molecule has 0 bridgehead atoms. The average Bonchev–Trinajstić information content (AvgIpc) is 3.58. The lowest BCUT2D eigenvalue weighted by atomic mass is 9.41. The number of aliphatic hydroxyl groups is 1. The number of aromatic hydroxyl groups is 1. The summed E-state index contributed by atoms with van der Waals surface area (Å²) in [6, 6.07) is 5.06. The fourth-order valence-corrected chi connectivity index (χ4v) is 12.5. The highest BCUT2D eigenvalue weighted by Gasteiger charge is 2.82. The standard InChI is InChI=1S/C40H58O5/c1-25(2)29(41)12-9-26(3)28-17-19-38(7)33-15-14-32-36(4,5)34(18-20-39(32)24-40(33,39)22-21-37(28,38)6)45-35(43)16-11-27-10-13-30(42)31(23-27)44-8/h10-11,13,16,23,26,28-29,32-34,41-42H,1,9,12,14-15,17-22,24H2,2-8H3/t26-,28-,29-,32+,33+,34+,37-,38+,39-,40+/m1/s1. The van der Waals surface area contributed by atoms with Crippen LogP contribution >= 0.6 is 0 Å². The van der Waals surface area contributed by atoms with Crippen molar-refractivity contribution in [2.75, 3.05) is 7.11 Å². The number of carbonyl (C=O) groups excluding carboxylic acids is 1. The van der Waals surface area contributed by atoms with Crippen LogP contribution in [0.2, 0.25) is 0 Å². The van der Waals surface area contributed by atoms with E-state index in [1.165, 1.54) is 64.6 Å². The molecule has 2 spiro atoms. The Morgan fingerprint density at radius 2 is 1.71 bits per heavy atom. The smallest absolute Gasteiger partial charge is 0.331 e. The second-order valence-electron chi connectivity index (χ2n) is 17.1. The first-order valence-corrected chi connectivity index (χ1v) is 17.7. The van der Waals surface area contributed by atoms with Gasteiger partial charge in [-0.2, -0.15) is 0 Å². The molecular formula is C40H58O5. The second-order valence-corrected chi connectivity index (χ2v) is 17.1. The molecule has 0 aromatic heterocycles. The van der Waals surface area contributed by atoms with Gasteiger partial charge in [0.2, 0.25) is 0 Å². The minimum Gasteiger partial charge on any atom is -0.504 e. The van der Waals surface area contributed by atoms with Crippen molar-refractivity contribution < 1.29 is 24.5 Å². The lowest BCUT2D eigenvalue weighted by Crippen LogP contribution is -2.58. The molecule has 5 saturated carbocycles. The highest BCUT2D eigenvalue weighted by molar-refractivity contribution is 5.87. The molecular weight excluding hydrogens is 560 g/mol. The molecule has 1 aromatic carbocycles. The maximum atomic E-state index is 13.1. The van der Waals surface area contributed by atoms with Crippen LogP contribution in [-0.2, 0) is 9.53 Å². The fraction of sp³-hybridized carbons (Fsp3) is 0.725. The first kappa shape index (κ1) is 32.7. The third-order valence-electron chi connectivity index (χ3n) is 15.1. The van der Waals surface area contributed by atoms with Crippen molar-refractivity contribution in [1.29, 1.82) is 0 Å². The Morgan fingerprint density at radius 3 is 2.42 bits per heavy atom. The molecule has 45 heavy (non-hydrogen) atoms. The van der Waals surface area contributed by atoms with Crippen molar-refractivity contribution in [3.63, 3.8) is 0 Å². The van der Waals surface area contributed by atoms with Crippen LogP contribution < -0.4 is 4.74 Å². The molecule has 1 aromatic rings. The van der Waals surface area contributed by atoms with Crippen LogP contribution in [-0.4, -0.2) is 35.5 Å². The third kappa shape index (κ3) is 4.83. The number of esters is 1. The van der Waals surface area contributed by atoms with Crippen LogP contribution in [0.5, 0.6) is 11.5 Å². The fourth-order valence-electron chi connectivity index (χ4n) is 12.5. The summed E-state index contributed by atoms with van der Waals surface area (Å²) in [6.45, 7) is 18.4. The summed E-state index contributed by atoms with van der Waals surface area (Å²) in [7, 11) is 1.52. The summed E-state index contributed by atoms with van der Waals surface area (Å²) >= 11 is 0. The van der Waals surface area contributed by atoms with E-state index in [4.69, 9.17) is 9.47 Å². The number of phenols is 1. The predicted octanol–water partition coefficient (Wildman–Crippen LogP) is 9.12. The van der Waals surface area contributed by atoms with Gasteiger partial charge in [-0.3, -0.25) is 0 Å². The van der Waals surface area contributed by atoms with Crippen LogP contribution in [0.4, 0.5) is 0 Å². The molecule has 10 atom stereocenters. The monoisotopic (exact) mass is 618 g/mol. The molecule has 0 heterocycles. The number of hydrogen-bond donors (Lipinski definition) is 2. The van der Waals surface area contributed by atoms with E-state index in [1.807, 2.05) is 6.92 Å². The Bertz CT molecular complexity index is 1360. The van der Waals surface area contributed by atoms with Crippen molar-refractivity contribution >= 4 is 12.0 Å². The van der Waals surface area contributed by atoms with Crippen molar-refractivity contribution in [2.45, 2.75) is 124 Å². The van der Waals surface area contributed by atoms with E-state index < -0.39 is 0 Å². The maximum Gasteiger partial charge on any atom is 0.331 e. The van der Waals surface area contributed by atoms with Gasteiger partial charge in [0.25, 0.3) is 0 Å². The average molecular weight is 619 g/mol. The summed E-state index contributed by atoms with van der Waals surface area (Å²) in [5, 5.41) is 20.3. The third-order valence-corrected chi connectivity index (χ3v) is 15.1. The van der Waals surface area contributed by atoms with Crippen molar-refractivity contribution in [3.8, 4) is 11.5 Å². The summed E-state index contributed by atoms with van der Waals surface area (Å²) in [5.41, 5.74) is 3.22. The Kier molecular flexibility index (Phi) is 8.11. The Labute approximate surface area is 271 Å². The van der Waals surface area contributed by atoms with E-state index in [0.717, 1.165) is 42.2 Å². The molecule has 5 aliphatic rings. The van der Waals surface area contributed by atoms with E-state index in [2.05, 4.69) is 41.2 Å². The number of hydrogen-bond acceptors (Lipinski definition) is 5. The Balaban J connectivity index is 1.14. The van der Waals surface area contributed by atoms with E-state index in [0.29, 0.717) is 39.2 Å². The molecule has 5 heteroatoms. The van der Waals surface area contributed by atoms with E-state index in [9.17, 15) is 15.0 Å². The van der Waals surface area contributed by atoms with Crippen molar-refractivity contribution in [3.05, 3.63) is 42.0 Å². The molecule has 248 valence electrons. The zero-order valence-corrected chi connectivity index (χ0v) is 29.0. The van der Waals surface area contributed by atoms with Crippen LogP contribution in [0.15, 0.2) is 36.4 Å². The molecule has 6 rings (SSSR count). The topological polar surface area (TPSA) is 76.0 Å². The quantitative estimate of drug-likeness (QED) is 0.164. The van der Waals surface area contributed by atoms with Gasteiger partial charge in [0, 0.05) is 11.5 Å². The van der Waals surface area contributed by atoms with E-state index in [1.54, 1.807) is 24.3 Å². The molecule has 0 aliphatic heterocycles. The lowest BCUT2D eigenvalue weighted by Gasteiger charge is -2.63. The van der Waals surface area contributed by atoms with Gasteiger partial charge in [-0.15, -0.1) is 0 Å². The molecule has 0 unspecified atom stereocenters. The number of methoxy groups -OCH3 is 1. The first-order chi connectivity index (χ1) is 21.1. The van der Waals surface area contributed by atoms with Crippen molar-refractivity contribution in [1.82, 2.24) is 0 Å². The molecule has 0 saturated heterocycles. The Hall–Kier alpha value is -2.27. The number of fused-ring (bicyclic) bond motifs is 2. The van der Waals surface area contributed by atoms with Crippen LogP contribution in [0.3, 0.4) is 0 Å². The molecule has 0 amide bonds. The zero-order chi connectivity index (χ0) is 32.6. The number of aliphatic hydroxyl groups excluding tert-OH is 1. The number of benzene rings is 1. The zero-order valence-electron chi connectivity index (χ0n) is 29.0. The van der Waals surface area contributed by atoms with E-state index in [-0.39, 0.29) is 29.3 Å². The number of carbonyl (C=O) groups is 1. The van der Waals surface area contributed by atoms with Gasteiger partial charge in [0.15, 0.2) is 11.5 Å². The molecule has 5 fully saturated rings. The summed E-state index contributed by atoms with van der Waals surface area (Å²) in [4.78, 5) is 13.1. The highest BCUT2D eigenvalue weighted by atomic mass is 16.5. The summed E-state index contributed by atoms with van der Waals surface area (Å²) < 4.78 is 11.4. The highest BCUT2D eigenvalue weighted by Crippen LogP contribution is 2.89. The lowest BCUT2D eigenvalue weighted by molar-refractivity contribution is -0.179. The Morgan fingerprint density at radius 1 is 1.00 bits per heavy atom. The van der Waals surface area contributed by atoms with Gasteiger partial charge in [-0.05, 0) is 147 Å². The first-order valence-electron chi connectivity index (χ1n) is 17.7. The SMILES string of the molecule is C=C(C)[C@H](O)CC[C@@H](C)[C@H]1CC[C@@]2(C)[C@@H]3CC[C@H]4C(C)(C)[C@@H](OC(=O)C=Cc5ccc(O)c(OC)c5)CC[C@@]45C[C@@]35CC[C@]12C. The summed E-state index contributed by atoms with van der Waals surface area (Å²) in [6.07, 6.45) is 16.1. The number of ether oxygens (including phenoxy) is 2. The number of phenolic OH excluding ortho intramolecular Hbond substituents is 1. The second kappa shape index (κ2) is 11.2.